The van der Waals surface area contributed by atoms with Crippen LogP contribution in [-0.2, 0) is 6.42 Å². The molecule has 38 heavy (non-hydrogen) atoms. The Morgan fingerprint density at radius 3 is 2.89 bits per heavy atom. The van der Waals surface area contributed by atoms with Crippen LogP contribution in [0.25, 0.3) is 11.2 Å². The number of carbonyl (C=O) groups is 1. The first kappa shape index (κ1) is 24.2. The van der Waals surface area contributed by atoms with Gasteiger partial charge in [0.05, 0.1) is 30.4 Å². The van der Waals surface area contributed by atoms with Gasteiger partial charge in [0.2, 0.25) is 0 Å². The molecule has 6 rings (SSSR count). The minimum absolute atomic E-state index is 0.102. The van der Waals surface area contributed by atoms with Crippen LogP contribution in [0.3, 0.4) is 0 Å². The standard InChI is InChI=1S/C27H30N8O3/c1-32-12-4-6-20(32)17-38-26-30-25(33-13-14-34(27(36)37)19(16-33)10-11-28)24-29-15-23(35(24)31-26)22-9-8-18-5-2-3-7-21(18)22/h2-3,5,7,9,15,19-20H,4,6,8,10,12-14,16-17H2,1H3,(H,36,37). The highest BCUT2D eigenvalue weighted by Crippen LogP contribution is 2.34. The Balaban J connectivity index is 1.39. The largest absolute Gasteiger partial charge is 0.465 e. The van der Waals surface area contributed by atoms with Crippen molar-refractivity contribution in [3.8, 4) is 12.1 Å². The van der Waals surface area contributed by atoms with Gasteiger partial charge in [-0.15, -0.1) is 5.10 Å². The first-order chi connectivity index (χ1) is 18.5. The van der Waals surface area contributed by atoms with Crippen molar-refractivity contribution in [2.75, 3.05) is 44.7 Å². The van der Waals surface area contributed by atoms with E-state index in [2.05, 4.69) is 36.2 Å². The Bertz CT molecular complexity index is 1440. The van der Waals surface area contributed by atoms with Gasteiger partial charge in [0, 0.05) is 31.2 Å². The molecule has 0 saturated carbocycles. The van der Waals surface area contributed by atoms with Gasteiger partial charge in [-0.25, -0.2) is 14.3 Å². The number of rotatable bonds is 6. The molecule has 0 bridgehead atoms. The van der Waals surface area contributed by atoms with Crippen molar-refractivity contribution in [2.24, 2.45) is 0 Å². The summed E-state index contributed by atoms with van der Waals surface area (Å²) in [5.41, 5.74) is 4.92. The topological polar surface area (TPSA) is 123 Å². The lowest BCUT2D eigenvalue weighted by molar-refractivity contribution is 0.119. The highest BCUT2D eigenvalue weighted by atomic mass is 16.5. The lowest BCUT2D eigenvalue weighted by Gasteiger charge is -2.39. The van der Waals surface area contributed by atoms with Crippen molar-refractivity contribution in [3.63, 3.8) is 0 Å². The first-order valence-electron chi connectivity index (χ1n) is 13.0. The fraction of sp³-hybridized carbons (Fsp3) is 0.444. The predicted octanol–water partition coefficient (Wildman–Crippen LogP) is 2.67. The van der Waals surface area contributed by atoms with Gasteiger partial charge in [-0.1, -0.05) is 30.3 Å². The number of anilines is 1. The minimum Gasteiger partial charge on any atom is -0.465 e. The van der Waals surface area contributed by atoms with Crippen LogP contribution >= 0.6 is 0 Å². The fourth-order valence-corrected chi connectivity index (χ4v) is 5.77. The van der Waals surface area contributed by atoms with Crippen LogP contribution in [0.4, 0.5) is 10.6 Å². The zero-order valence-corrected chi connectivity index (χ0v) is 21.3. The van der Waals surface area contributed by atoms with E-state index in [0.717, 1.165) is 42.6 Å². The molecular formula is C27H30N8O3. The molecule has 196 valence electrons. The van der Waals surface area contributed by atoms with Crippen LogP contribution in [0.2, 0.25) is 0 Å². The molecule has 1 aliphatic carbocycles. The third-order valence-electron chi connectivity index (χ3n) is 7.87. The van der Waals surface area contributed by atoms with Crippen LogP contribution in [0, 0.1) is 11.3 Å². The van der Waals surface area contributed by atoms with Crippen LogP contribution in [0.1, 0.15) is 36.1 Å². The Kier molecular flexibility index (Phi) is 6.33. The molecule has 1 aromatic carbocycles. The van der Waals surface area contributed by atoms with E-state index in [1.165, 1.54) is 10.5 Å². The van der Waals surface area contributed by atoms with Crippen molar-refractivity contribution in [3.05, 3.63) is 53.4 Å². The van der Waals surface area contributed by atoms with E-state index in [0.29, 0.717) is 37.2 Å². The van der Waals surface area contributed by atoms with E-state index >= 15 is 0 Å². The maximum absolute atomic E-state index is 11.8. The molecule has 1 N–H and O–H groups in total. The van der Waals surface area contributed by atoms with Crippen LogP contribution in [-0.4, -0.2) is 92.5 Å². The van der Waals surface area contributed by atoms with Gasteiger partial charge < -0.3 is 24.5 Å². The quantitative estimate of drug-likeness (QED) is 0.529. The van der Waals surface area contributed by atoms with Crippen molar-refractivity contribution < 1.29 is 14.6 Å². The lowest BCUT2D eigenvalue weighted by Crippen LogP contribution is -2.55. The number of allylic oxidation sites excluding steroid dienone is 1. The molecule has 2 unspecified atom stereocenters. The van der Waals surface area contributed by atoms with E-state index in [1.54, 1.807) is 4.52 Å². The molecule has 11 heteroatoms. The molecule has 2 saturated heterocycles. The maximum atomic E-state index is 11.8. The van der Waals surface area contributed by atoms with Crippen molar-refractivity contribution in [2.45, 2.75) is 37.8 Å². The number of benzene rings is 1. The number of imidazole rings is 1. The summed E-state index contributed by atoms with van der Waals surface area (Å²) in [7, 11) is 2.10. The number of ether oxygens (including phenoxy) is 1. The SMILES string of the molecule is CN1CCCC1COc1nc(N2CCN(C(=O)O)C(CC#N)C2)c2ncc(C3=CCc4ccccc43)n2n1. The van der Waals surface area contributed by atoms with Gasteiger partial charge >= 0.3 is 12.1 Å². The fourth-order valence-electron chi connectivity index (χ4n) is 5.77. The summed E-state index contributed by atoms with van der Waals surface area (Å²) >= 11 is 0. The average Bonchev–Trinajstić information content (AvgIpc) is 3.65. The first-order valence-corrected chi connectivity index (χ1v) is 13.0. The summed E-state index contributed by atoms with van der Waals surface area (Å²) < 4.78 is 7.97. The second-order valence-corrected chi connectivity index (χ2v) is 10.1. The number of piperazine rings is 1. The number of likely N-dealkylation sites (N-methyl/N-ethyl adjacent to an activating group) is 1. The number of amides is 1. The number of nitrogens with zero attached hydrogens (tertiary/aromatic N) is 8. The van der Waals surface area contributed by atoms with Gasteiger partial charge in [-0.05, 0) is 44.0 Å². The third-order valence-corrected chi connectivity index (χ3v) is 7.87. The maximum Gasteiger partial charge on any atom is 0.407 e. The third kappa shape index (κ3) is 4.31. The molecule has 3 aromatic rings. The molecule has 2 atom stereocenters. The van der Waals surface area contributed by atoms with Gasteiger partial charge in [0.25, 0.3) is 0 Å². The van der Waals surface area contributed by atoms with Crippen LogP contribution < -0.4 is 9.64 Å². The summed E-state index contributed by atoms with van der Waals surface area (Å²) in [6.45, 7) is 2.57. The van der Waals surface area contributed by atoms with E-state index in [1.807, 2.05) is 23.2 Å². The van der Waals surface area contributed by atoms with Gasteiger partial charge in [-0.3, -0.25) is 0 Å². The number of carboxylic acid groups (broad SMARTS) is 1. The molecule has 2 fully saturated rings. The summed E-state index contributed by atoms with van der Waals surface area (Å²) in [4.78, 5) is 26.9. The smallest absolute Gasteiger partial charge is 0.407 e. The summed E-state index contributed by atoms with van der Waals surface area (Å²) in [5, 5.41) is 23.7. The predicted molar refractivity (Wildman–Crippen MR) is 140 cm³/mol. The van der Waals surface area contributed by atoms with Gasteiger partial charge in [0.1, 0.15) is 6.61 Å². The number of nitriles is 1. The number of hydrogen-bond donors (Lipinski definition) is 1. The number of likely N-dealkylation sites (tertiary alicyclic amines) is 1. The second-order valence-electron chi connectivity index (χ2n) is 10.1. The van der Waals surface area contributed by atoms with E-state index in [9.17, 15) is 15.2 Å². The summed E-state index contributed by atoms with van der Waals surface area (Å²) in [6.07, 6.45) is 6.15. The van der Waals surface area contributed by atoms with E-state index in [-0.39, 0.29) is 19.0 Å². The van der Waals surface area contributed by atoms with Crippen molar-refractivity contribution in [1.29, 1.82) is 5.26 Å². The number of fused-ring (bicyclic) bond motifs is 2. The molecule has 1 amide bonds. The van der Waals surface area contributed by atoms with E-state index in [4.69, 9.17) is 19.8 Å². The van der Waals surface area contributed by atoms with Gasteiger partial charge in [0.15, 0.2) is 11.5 Å². The Hall–Kier alpha value is -4.17. The number of hydrogen-bond acceptors (Lipinski definition) is 8. The number of aromatic nitrogens is 4. The molecule has 3 aliphatic rings. The molecule has 11 nitrogen and oxygen atoms in total. The normalized spacial score (nSPS) is 21.4. The Labute approximate surface area is 220 Å². The van der Waals surface area contributed by atoms with Crippen molar-refractivity contribution >= 4 is 23.1 Å². The highest BCUT2D eigenvalue weighted by Gasteiger charge is 2.33. The molecule has 0 radical (unpaired) electrons. The zero-order valence-electron chi connectivity index (χ0n) is 21.3. The van der Waals surface area contributed by atoms with Crippen molar-refractivity contribution in [1.82, 2.24) is 29.4 Å². The van der Waals surface area contributed by atoms with E-state index < -0.39 is 12.1 Å². The van der Waals surface area contributed by atoms with Crippen LogP contribution in [0.5, 0.6) is 6.01 Å². The summed E-state index contributed by atoms with van der Waals surface area (Å²) in [6, 6.07) is 10.6. The molecule has 0 spiro atoms. The molecule has 4 heterocycles. The summed E-state index contributed by atoms with van der Waals surface area (Å²) in [5.74, 6) is 0.584. The highest BCUT2D eigenvalue weighted by molar-refractivity contribution is 5.84. The zero-order chi connectivity index (χ0) is 26.2. The Morgan fingerprint density at radius 2 is 2.11 bits per heavy atom. The van der Waals surface area contributed by atoms with Gasteiger partial charge in [-0.2, -0.15) is 10.2 Å². The monoisotopic (exact) mass is 514 g/mol. The Morgan fingerprint density at radius 1 is 1.24 bits per heavy atom. The molecule has 2 aromatic heterocycles. The minimum atomic E-state index is -1.02. The van der Waals surface area contributed by atoms with Crippen LogP contribution in [0.15, 0.2) is 36.5 Å². The molecular weight excluding hydrogens is 484 g/mol. The second kappa shape index (κ2) is 9.95. The lowest BCUT2D eigenvalue weighted by atomic mass is 10.0. The average molecular weight is 515 g/mol. The molecule has 2 aliphatic heterocycles.